The van der Waals surface area contributed by atoms with Gasteiger partial charge in [-0.15, -0.1) is 0 Å². The average molecular weight is 1070 g/mol. The highest BCUT2D eigenvalue weighted by Gasteiger charge is 2.20. The van der Waals surface area contributed by atoms with E-state index in [0.717, 1.165) is 44.9 Å². The molecule has 6 nitrogen and oxygen atoms in total. The molecule has 0 bridgehead atoms. The molecule has 452 valence electrons. The summed E-state index contributed by atoms with van der Waals surface area (Å²) in [6.07, 6.45) is 81.3. The molecule has 1 amide bonds. The molecule has 0 aromatic rings. The van der Waals surface area contributed by atoms with Crippen LogP contribution in [0.5, 0.6) is 0 Å². The molecule has 0 rings (SSSR count). The molecule has 0 aliphatic heterocycles. The number of ether oxygens (including phenoxy) is 1. The van der Waals surface area contributed by atoms with Crippen LogP contribution in [0.25, 0.3) is 0 Å². The number of aliphatic hydroxyl groups is 2. The van der Waals surface area contributed by atoms with Crippen molar-refractivity contribution >= 4 is 11.9 Å². The summed E-state index contributed by atoms with van der Waals surface area (Å²) in [5.74, 6) is -0.0145. The van der Waals surface area contributed by atoms with Crippen molar-refractivity contribution in [1.29, 1.82) is 0 Å². The third-order valence-corrected chi connectivity index (χ3v) is 16.6. The zero-order valence-electron chi connectivity index (χ0n) is 51.8. The van der Waals surface area contributed by atoms with E-state index in [-0.39, 0.29) is 18.5 Å². The Morgan fingerprint density at radius 1 is 0.355 bits per heavy atom. The molecule has 2 atom stereocenters. The normalized spacial score (nSPS) is 12.5. The Labute approximate surface area is 476 Å². The van der Waals surface area contributed by atoms with Gasteiger partial charge in [0.1, 0.15) is 0 Å². The summed E-state index contributed by atoms with van der Waals surface area (Å²) in [6, 6.07) is -0.536. The van der Waals surface area contributed by atoms with E-state index in [4.69, 9.17) is 4.74 Å². The summed E-state index contributed by atoms with van der Waals surface area (Å²) in [5, 5.41) is 23.3. The Morgan fingerprint density at radius 3 is 0.934 bits per heavy atom. The highest BCUT2D eigenvalue weighted by atomic mass is 16.5. The number of esters is 1. The summed E-state index contributed by atoms with van der Waals surface area (Å²) in [6.45, 7) is 4.97. The lowest BCUT2D eigenvalue weighted by Gasteiger charge is -2.22. The number of carbonyl (C=O) groups is 2. The molecule has 0 aromatic carbocycles. The Bertz CT molecular complexity index is 1140. The minimum atomic E-state index is -0.659. The average Bonchev–Trinajstić information content (AvgIpc) is 3.42. The van der Waals surface area contributed by atoms with E-state index >= 15 is 0 Å². The number of nitrogens with one attached hydrogen (secondary N) is 1. The number of unbranched alkanes of at least 4 members (excludes halogenated alkanes) is 53. The van der Waals surface area contributed by atoms with Crippen molar-refractivity contribution < 1.29 is 24.5 Å². The Morgan fingerprint density at radius 2 is 0.618 bits per heavy atom. The molecule has 0 spiro atoms. The summed E-state index contributed by atoms with van der Waals surface area (Å²) in [7, 11) is 0. The summed E-state index contributed by atoms with van der Waals surface area (Å²) >= 11 is 0. The van der Waals surface area contributed by atoms with Gasteiger partial charge in [-0.1, -0.05) is 347 Å². The van der Waals surface area contributed by atoms with Crippen molar-refractivity contribution in [2.24, 2.45) is 0 Å². The number of hydrogen-bond donors (Lipinski definition) is 3. The maximum atomic E-state index is 12.5. The van der Waals surface area contributed by atoms with E-state index in [1.54, 1.807) is 0 Å². The van der Waals surface area contributed by atoms with Gasteiger partial charge < -0.3 is 20.3 Å². The number of carbonyl (C=O) groups excluding carboxylic acids is 2. The van der Waals surface area contributed by atoms with Gasteiger partial charge in [-0.2, -0.15) is 0 Å². The summed E-state index contributed by atoms with van der Waals surface area (Å²) in [4.78, 5) is 24.5. The fourth-order valence-electron chi connectivity index (χ4n) is 11.2. The number of hydrogen-bond acceptors (Lipinski definition) is 5. The van der Waals surface area contributed by atoms with E-state index in [9.17, 15) is 19.8 Å². The van der Waals surface area contributed by atoms with Gasteiger partial charge in [-0.3, -0.25) is 9.59 Å². The molecule has 3 N–H and O–H groups in total. The second kappa shape index (κ2) is 66.1. The van der Waals surface area contributed by atoms with Crippen molar-refractivity contribution in [1.82, 2.24) is 5.32 Å². The van der Waals surface area contributed by atoms with Crippen LogP contribution >= 0.6 is 0 Å². The molecular weight excluding hydrogens is 935 g/mol. The molecule has 0 saturated carbocycles. The first-order valence-electron chi connectivity index (χ1n) is 34.9. The van der Waals surface area contributed by atoms with Crippen LogP contribution in [-0.4, -0.2) is 47.4 Å². The van der Waals surface area contributed by atoms with E-state index in [2.05, 4.69) is 31.3 Å². The standard InChI is InChI=1S/C70H137NO5/c1-3-5-7-9-11-13-15-17-40-44-48-52-56-60-64-70(75)76-65-61-57-53-49-45-41-38-36-34-32-30-28-26-24-22-20-18-19-21-23-25-27-29-31-33-35-37-39-43-47-51-55-59-63-69(74)71-67(66-72)68(73)62-58-54-50-46-42-16-14-12-10-8-6-4-2/h15,17,67-68,72-73H,3-14,16,18-66H2,1-2H3,(H,71,74)/b17-15-. The quantitative estimate of drug-likeness (QED) is 0.0320. The van der Waals surface area contributed by atoms with Crippen LogP contribution in [0, 0.1) is 0 Å². The van der Waals surface area contributed by atoms with Gasteiger partial charge in [-0.25, -0.2) is 0 Å². The topological polar surface area (TPSA) is 95.9 Å². The highest BCUT2D eigenvalue weighted by Crippen LogP contribution is 2.19. The van der Waals surface area contributed by atoms with E-state index in [0.29, 0.717) is 25.9 Å². The fraction of sp³-hybridized carbons (Fsp3) is 0.943. The molecule has 0 aliphatic rings. The monoisotopic (exact) mass is 1070 g/mol. The lowest BCUT2D eigenvalue weighted by molar-refractivity contribution is -0.143. The molecule has 0 radical (unpaired) electrons. The molecule has 0 aromatic heterocycles. The van der Waals surface area contributed by atoms with Gasteiger partial charge >= 0.3 is 5.97 Å². The largest absolute Gasteiger partial charge is 0.466 e. The molecule has 0 saturated heterocycles. The van der Waals surface area contributed by atoms with Gasteiger partial charge in [-0.05, 0) is 51.4 Å². The molecule has 0 fully saturated rings. The van der Waals surface area contributed by atoms with Crippen molar-refractivity contribution in [3.63, 3.8) is 0 Å². The van der Waals surface area contributed by atoms with Crippen LogP contribution in [0.2, 0.25) is 0 Å². The first-order chi connectivity index (χ1) is 37.5. The Kier molecular flexibility index (Phi) is 64.9. The van der Waals surface area contributed by atoms with Crippen LogP contribution in [-0.2, 0) is 14.3 Å². The zero-order chi connectivity index (χ0) is 55.0. The van der Waals surface area contributed by atoms with Crippen LogP contribution in [0.1, 0.15) is 399 Å². The SMILES string of the molecule is CCCCCCC/C=C\CCCCCCCC(=O)OCCCCCCCCCCCCCCCCCCCCCCCCCCCCCCCCCCCC(=O)NC(CO)C(O)CCCCCCCCCCCCCC. The summed E-state index contributed by atoms with van der Waals surface area (Å²) < 4.78 is 5.49. The molecule has 76 heavy (non-hydrogen) atoms. The second-order valence-corrected chi connectivity index (χ2v) is 24.2. The van der Waals surface area contributed by atoms with Gasteiger partial charge in [0.25, 0.3) is 0 Å². The van der Waals surface area contributed by atoms with Crippen molar-refractivity contribution in [3.8, 4) is 0 Å². The molecular formula is C70H137NO5. The molecule has 0 aliphatic carbocycles. The molecule has 2 unspecified atom stereocenters. The predicted octanol–water partition coefficient (Wildman–Crippen LogP) is 22.4. The smallest absolute Gasteiger partial charge is 0.305 e. The van der Waals surface area contributed by atoms with Gasteiger partial charge in [0.15, 0.2) is 0 Å². The van der Waals surface area contributed by atoms with Crippen LogP contribution in [0.3, 0.4) is 0 Å². The van der Waals surface area contributed by atoms with Gasteiger partial charge in [0.05, 0.1) is 25.4 Å². The third-order valence-electron chi connectivity index (χ3n) is 16.6. The molecule has 6 heteroatoms. The maximum absolute atomic E-state index is 12.5. The number of aliphatic hydroxyl groups excluding tert-OH is 2. The third kappa shape index (κ3) is 61.8. The minimum absolute atomic E-state index is 0.0138. The first kappa shape index (κ1) is 74.6. The lowest BCUT2D eigenvalue weighted by Crippen LogP contribution is -2.45. The molecule has 0 heterocycles. The van der Waals surface area contributed by atoms with Crippen LogP contribution in [0.15, 0.2) is 12.2 Å². The second-order valence-electron chi connectivity index (χ2n) is 24.2. The number of allylic oxidation sites excluding steroid dienone is 2. The minimum Gasteiger partial charge on any atom is -0.466 e. The zero-order valence-corrected chi connectivity index (χ0v) is 51.8. The fourth-order valence-corrected chi connectivity index (χ4v) is 11.2. The van der Waals surface area contributed by atoms with E-state index in [1.807, 2.05) is 0 Å². The van der Waals surface area contributed by atoms with Crippen LogP contribution < -0.4 is 5.32 Å². The lowest BCUT2D eigenvalue weighted by atomic mass is 10.0. The maximum Gasteiger partial charge on any atom is 0.305 e. The number of rotatable bonds is 66. The van der Waals surface area contributed by atoms with Crippen molar-refractivity contribution in [2.45, 2.75) is 411 Å². The Hall–Kier alpha value is -1.40. The van der Waals surface area contributed by atoms with Gasteiger partial charge in [0, 0.05) is 12.8 Å². The first-order valence-corrected chi connectivity index (χ1v) is 34.9. The van der Waals surface area contributed by atoms with Crippen molar-refractivity contribution in [2.75, 3.05) is 13.2 Å². The highest BCUT2D eigenvalue weighted by molar-refractivity contribution is 5.76. The van der Waals surface area contributed by atoms with Crippen molar-refractivity contribution in [3.05, 3.63) is 12.2 Å². The predicted molar refractivity (Wildman–Crippen MR) is 333 cm³/mol. The van der Waals surface area contributed by atoms with Gasteiger partial charge in [0.2, 0.25) is 5.91 Å². The van der Waals surface area contributed by atoms with Crippen LogP contribution in [0.4, 0.5) is 0 Å². The Balaban J connectivity index is 3.29. The number of amides is 1. The summed E-state index contributed by atoms with van der Waals surface area (Å²) in [5.41, 5.74) is 0. The van der Waals surface area contributed by atoms with E-state index in [1.165, 1.54) is 321 Å². The van der Waals surface area contributed by atoms with E-state index < -0.39 is 12.1 Å².